The minimum Gasteiger partial charge on any atom is -0.352 e. The van der Waals surface area contributed by atoms with Crippen LogP contribution in [0, 0.1) is 5.92 Å². The number of nitrogens with one attached hydrogen (secondary N) is 1. The SMILES string of the molecule is O=C(NCC1CCCC(Br)C1)c1csc(Br)c1. The van der Waals surface area contributed by atoms with Crippen molar-refractivity contribution in [1.82, 2.24) is 5.32 Å². The minimum atomic E-state index is 0.0450. The Morgan fingerprint density at radius 1 is 1.53 bits per heavy atom. The lowest BCUT2D eigenvalue weighted by Gasteiger charge is -2.25. The summed E-state index contributed by atoms with van der Waals surface area (Å²) < 4.78 is 1.00. The molecule has 0 aromatic carbocycles. The van der Waals surface area contributed by atoms with Crippen LogP contribution in [-0.2, 0) is 0 Å². The van der Waals surface area contributed by atoms with Gasteiger partial charge in [0.2, 0.25) is 0 Å². The van der Waals surface area contributed by atoms with Gasteiger partial charge in [-0.05, 0) is 47.2 Å². The minimum absolute atomic E-state index is 0.0450. The Bertz CT molecular complexity index is 394. The zero-order chi connectivity index (χ0) is 12.3. The van der Waals surface area contributed by atoms with Crippen molar-refractivity contribution in [1.29, 1.82) is 0 Å². The highest BCUT2D eigenvalue weighted by Crippen LogP contribution is 2.28. The number of hydrogen-bond acceptors (Lipinski definition) is 2. The third-order valence-corrected chi connectivity index (χ3v) is 5.44. The molecule has 1 N–H and O–H groups in total. The maximum Gasteiger partial charge on any atom is 0.252 e. The van der Waals surface area contributed by atoms with E-state index in [0.29, 0.717) is 10.7 Å². The molecule has 1 fully saturated rings. The summed E-state index contributed by atoms with van der Waals surface area (Å²) in [6.45, 7) is 0.800. The zero-order valence-corrected chi connectivity index (χ0v) is 13.4. The standard InChI is InChI=1S/C12H15Br2NOS/c13-10-3-1-2-8(4-10)6-15-12(16)9-5-11(14)17-7-9/h5,7-8,10H,1-4,6H2,(H,15,16). The first-order valence-corrected chi connectivity index (χ1v) is 8.40. The van der Waals surface area contributed by atoms with Crippen molar-refractivity contribution in [3.63, 3.8) is 0 Å². The van der Waals surface area contributed by atoms with Crippen molar-refractivity contribution in [2.45, 2.75) is 30.5 Å². The first kappa shape index (κ1) is 13.6. The third kappa shape index (κ3) is 4.07. The highest BCUT2D eigenvalue weighted by Gasteiger charge is 2.20. The fourth-order valence-corrected chi connectivity index (χ4v) is 4.17. The maximum absolute atomic E-state index is 11.8. The highest BCUT2D eigenvalue weighted by molar-refractivity contribution is 9.11. The van der Waals surface area contributed by atoms with Crippen LogP contribution in [0.5, 0.6) is 0 Å². The summed E-state index contributed by atoms with van der Waals surface area (Å²) in [5, 5.41) is 4.91. The quantitative estimate of drug-likeness (QED) is 0.782. The van der Waals surface area contributed by atoms with Crippen LogP contribution in [0.25, 0.3) is 0 Å². The molecular formula is C12H15Br2NOS. The summed E-state index contributed by atoms with van der Waals surface area (Å²) in [7, 11) is 0. The Balaban J connectivity index is 1.80. The molecule has 1 aliphatic rings. The van der Waals surface area contributed by atoms with Gasteiger partial charge in [0.1, 0.15) is 0 Å². The molecular weight excluding hydrogens is 366 g/mol. The average Bonchev–Trinajstić information content (AvgIpc) is 2.73. The van der Waals surface area contributed by atoms with Crippen LogP contribution in [0.15, 0.2) is 15.2 Å². The van der Waals surface area contributed by atoms with E-state index in [0.717, 1.165) is 15.9 Å². The first-order valence-electron chi connectivity index (χ1n) is 5.81. The molecule has 1 heterocycles. The molecule has 2 rings (SSSR count). The number of amides is 1. The number of hydrogen-bond donors (Lipinski definition) is 1. The maximum atomic E-state index is 11.8. The number of thiophene rings is 1. The van der Waals surface area contributed by atoms with Crippen molar-refractivity contribution in [2.75, 3.05) is 6.54 Å². The van der Waals surface area contributed by atoms with E-state index in [1.807, 2.05) is 11.4 Å². The van der Waals surface area contributed by atoms with E-state index in [2.05, 4.69) is 37.2 Å². The molecule has 2 atom stereocenters. The summed E-state index contributed by atoms with van der Waals surface area (Å²) in [6, 6.07) is 1.87. The molecule has 2 nitrogen and oxygen atoms in total. The van der Waals surface area contributed by atoms with Crippen molar-refractivity contribution in [3.8, 4) is 0 Å². The second kappa shape index (κ2) is 6.34. The lowest BCUT2D eigenvalue weighted by Crippen LogP contribution is -2.31. The lowest BCUT2D eigenvalue weighted by atomic mass is 9.89. The van der Waals surface area contributed by atoms with Crippen LogP contribution in [0.3, 0.4) is 0 Å². The second-order valence-electron chi connectivity index (χ2n) is 4.48. The van der Waals surface area contributed by atoms with Gasteiger partial charge in [-0.15, -0.1) is 11.3 Å². The van der Waals surface area contributed by atoms with Gasteiger partial charge in [0, 0.05) is 16.8 Å². The van der Waals surface area contributed by atoms with E-state index in [9.17, 15) is 4.79 Å². The zero-order valence-electron chi connectivity index (χ0n) is 9.42. The number of alkyl halides is 1. The van der Waals surface area contributed by atoms with Gasteiger partial charge in [0.05, 0.1) is 9.35 Å². The summed E-state index contributed by atoms with van der Waals surface area (Å²) in [4.78, 5) is 12.5. The molecule has 1 saturated carbocycles. The van der Waals surface area contributed by atoms with Gasteiger partial charge in [-0.1, -0.05) is 22.4 Å². The molecule has 0 radical (unpaired) electrons. The van der Waals surface area contributed by atoms with E-state index >= 15 is 0 Å². The molecule has 0 spiro atoms. The van der Waals surface area contributed by atoms with Gasteiger partial charge in [-0.2, -0.15) is 0 Å². The van der Waals surface area contributed by atoms with E-state index in [4.69, 9.17) is 0 Å². The average molecular weight is 381 g/mol. The predicted octanol–water partition coefficient (Wildman–Crippen LogP) is 4.19. The van der Waals surface area contributed by atoms with Crippen LogP contribution in [0.4, 0.5) is 0 Å². The molecule has 0 saturated heterocycles. The summed E-state index contributed by atoms with van der Waals surface area (Å²) in [5.41, 5.74) is 0.757. The van der Waals surface area contributed by atoms with E-state index in [1.54, 1.807) is 11.3 Å². The van der Waals surface area contributed by atoms with Gasteiger partial charge in [-0.25, -0.2) is 0 Å². The Labute approximate surface area is 122 Å². The molecule has 94 valence electrons. The van der Waals surface area contributed by atoms with Gasteiger partial charge in [0.15, 0.2) is 0 Å². The number of carbonyl (C=O) groups is 1. The Kier molecular flexibility index (Phi) is 5.06. The predicted molar refractivity (Wildman–Crippen MR) is 79.0 cm³/mol. The van der Waals surface area contributed by atoms with Crippen LogP contribution >= 0.6 is 43.2 Å². The van der Waals surface area contributed by atoms with Crippen molar-refractivity contribution in [3.05, 3.63) is 20.8 Å². The molecule has 1 aromatic rings. The van der Waals surface area contributed by atoms with Crippen molar-refractivity contribution < 1.29 is 4.79 Å². The smallest absolute Gasteiger partial charge is 0.252 e. The van der Waals surface area contributed by atoms with Crippen LogP contribution in [0.1, 0.15) is 36.0 Å². The van der Waals surface area contributed by atoms with E-state index < -0.39 is 0 Å². The first-order chi connectivity index (χ1) is 8.15. The van der Waals surface area contributed by atoms with Crippen LogP contribution < -0.4 is 5.32 Å². The fraction of sp³-hybridized carbons (Fsp3) is 0.583. The monoisotopic (exact) mass is 379 g/mol. The molecule has 1 aliphatic carbocycles. The van der Waals surface area contributed by atoms with E-state index in [-0.39, 0.29) is 5.91 Å². The molecule has 0 aliphatic heterocycles. The van der Waals surface area contributed by atoms with Crippen LogP contribution in [0.2, 0.25) is 0 Å². The topological polar surface area (TPSA) is 29.1 Å². The van der Waals surface area contributed by atoms with Crippen LogP contribution in [-0.4, -0.2) is 17.3 Å². The van der Waals surface area contributed by atoms with Gasteiger partial charge in [-0.3, -0.25) is 4.79 Å². The summed E-state index contributed by atoms with van der Waals surface area (Å²) in [5.74, 6) is 0.669. The molecule has 17 heavy (non-hydrogen) atoms. The molecule has 5 heteroatoms. The lowest BCUT2D eigenvalue weighted by molar-refractivity contribution is 0.0944. The summed E-state index contributed by atoms with van der Waals surface area (Å²) >= 11 is 8.58. The molecule has 1 aromatic heterocycles. The molecule has 1 amide bonds. The molecule has 2 unspecified atom stereocenters. The number of carbonyl (C=O) groups excluding carboxylic acids is 1. The van der Waals surface area contributed by atoms with Gasteiger partial charge < -0.3 is 5.32 Å². The second-order valence-corrected chi connectivity index (χ2v) is 8.06. The Morgan fingerprint density at radius 3 is 3.00 bits per heavy atom. The molecule has 0 bridgehead atoms. The number of rotatable bonds is 3. The highest BCUT2D eigenvalue weighted by atomic mass is 79.9. The van der Waals surface area contributed by atoms with E-state index in [1.165, 1.54) is 25.7 Å². The van der Waals surface area contributed by atoms with Gasteiger partial charge in [0.25, 0.3) is 5.91 Å². The van der Waals surface area contributed by atoms with Crippen molar-refractivity contribution >= 4 is 49.1 Å². The summed E-state index contributed by atoms with van der Waals surface area (Å²) in [6.07, 6.45) is 4.94. The fourth-order valence-electron chi connectivity index (χ4n) is 2.18. The van der Waals surface area contributed by atoms with Crippen molar-refractivity contribution in [2.24, 2.45) is 5.92 Å². The van der Waals surface area contributed by atoms with Gasteiger partial charge >= 0.3 is 0 Å². The largest absolute Gasteiger partial charge is 0.352 e. The Hall–Kier alpha value is 0.130. The number of halogens is 2. The Morgan fingerprint density at radius 2 is 2.35 bits per heavy atom. The third-order valence-electron chi connectivity index (χ3n) is 3.10. The normalized spacial score (nSPS) is 24.6.